The molecule has 0 bridgehead atoms. The Morgan fingerprint density at radius 2 is 1.80 bits per heavy atom. The second-order valence-electron chi connectivity index (χ2n) is 6.24. The van der Waals surface area contributed by atoms with Crippen molar-refractivity contribution in [3.8, 4) is 11.5 Å². The van der Waals surface area contributed by atoms with Crippen LogP contribution in [0, 0.1) is 5.92 Å². The van der Waals surface area contributed by atoms with Gasteiger partial charge >= 0.3 is 0 Å². The van der Waals surface area contributed by atoms with Crippen LogP contribution in [0.2, 0.25) is 0 Å². The third-order valence-corrected chi connectivity index (χ3v) is 3.56. The van der Waals surface area contributed by atoms with Gasteiger partial charge in [0.05, 0.1) is 13.2 Å². The predicted molar refractivity (Wildman–Crippen MR) is 103 cm³/mol. The van der Waals surface area contributed by atoms with Gasteiger partial charge in [0.15, 0.2) is 0 Å². The lowest BCUT2D eigenvalue weighted by Gasteiger charge is -2.14. The Morgan fingerprint density at radius 1 is 0.960 bits per heavy atom. The van der Waals surface area contributed by atoms with Gasteiger partial charge < -0.3 is 19.5 Å². The van der Waals surface area contributed by atoms with E-state index in [2.05, 4.69) is 25.2 Å². The van der Waals surface area contributed by atoms with Gasteiger partial charge in [-0.15, -0.1) is 0 Å². The molecule has 4 heteroatoms. The fourth-order valence-corrected chi connectivity index (χ4v) is 2.30. The highest BCUT2D eigenvalue weighted by molar-refractivity contribution is 5.49. The van der Waals surface area contributed by atoms with Crippen LogP contribution in [0.15, 0.2) is 48.5 Å². The zero-order valence-corrected chi connectivity index (χ0v) is 15.5. The van der Waals surface area contributed by atoms with E-state index >= 15 is 0 Å². The number of hydrogen-bond donors (Lipinski definition) is 1. The molecule has 0 heterocycles. The van der Waals surface area contributed by atoms with E-state index in [1.165, 1.54) is 0 Å². The quantitative estimate of drug-likeness (QED) is 0.598. The maximum Gasteiger partial charge on any atom is 0.124 e. The Bertz CT molecular complexity index is 628. The van der Waals surface area contributed by atoms with Crippen LogP contribution in [0.25, 0.3) is 0 Å². The van der Waals surface area contributed by atoms with Crippen LogP contribution in [-0.2, 0) is 11.3 Å². The Balaban J connectivity index is 1.90. The van der Waals surface area contributed by atoms with Crippen LogP contribution in [0.4, 0.5) is 5.69 Å². The molecule has 25 heavy (non-hydrogen) atoms. The van der Waals surface area contributed by atoms with Gasteiger partial charge in [-0.2, -0.15) is 0 Å². The van der Waals surface area contributed by atoms with Crippen molar-refractivity contribution in [2.75, 3.05) is 31.7 Å². The molecule has 0 saturated carbocycles. The molecule has 0 fully saturated rings. The first kappa shape index (κ1) is 19.1. The smallest absolute Gasteiger partial charge is 0.124 e. The van der Waals surface area contributed by atoms with Crippen LogP contribution < -0.4 is 14.8 Å². The molecule has 2 aromatic carbocycles. The third kappa shape index (κ3) is 7.06. The van der Waals surface area contributed by atoms with Crippen LogP contribution in [0.1, 0.15) is 26.3 Å². The van der Waals surface area contributed by atoms with E-state index in [0.29, 0.717) is 32.3 Å². The number of benzene rings is 2. The molecule has 0 aliphatic heterocycles. The van der Waals surface area contributed by atoms with Gasteiger partial charge in [0.25, 0.3) is 0 Å². The molecule has 0 unspecified atom stereocenters. The van der Waals surface area contributed by atoms with Crippen LogP contribution >= 0.6 is 0 Å². The molecule has 4 nitrogen and oxygen atoms in total. The van der Waals surface area contributed by atoms with Crippen molar-refractivity contribution in [3.63, 3.8) is 0 Å². The molecule has 0 aliphatic rings. The standard InChI is InChI=1S/C21H29NO3/c1-4-23-12-13-24-20-10-7-9-19(14-20)22-15-18-8-5-6-11-21(18)25-16-17(2)3/h5-11,14,17,22H,4,12-13,15-16H2,1-3H3. The Hall–Kier alpha value is -2.20. The summed E-state index contributed by atoms with van der Waals surface area (Å²) in [5.41, 5.74) is 2.17. The first-order valence-corrected chi connectivity index (χ1v) is 8.94. The average Bonchev–Trinajstić information content (AvgIpc) is 2.63. The van der Waals surface area contributed by atoms with Gasteiger partial charge in [-0.25, -0.2) is 0 Å². The molecular weight excluding hydrogens is 314 g/mol. The van der Waals surface area contributed by atoms with Crippen molar-refractivity contribution in [2.45, 2.75) is 27.3 Å². The summed E-state index contributed by atoms with van der Waals surface area (Å²) < 4.78 is 16.9. The van der Waals surface area contributed by atoms with Crippen molar-refractivity contribution in [2.24, 2.45) is 5.92 Å². The van der Waals surface area contributed by atoms with Gasteiger partial charge in [0, 0.05) is 30.5 Å². The molecule has 2 rings (SSSR count). The zero-order chi connectivity index (χ0) is 17.9. The first-order chi connectivity index (χ1) is 12.2. The molecule has 0 saturated heterocycles. The number of hydrogen-bond acceptors (Lipinski definition) is 4. The molecule has 0 spiro atoms. The number of nitrogens with one attached hydrogen (secondary N) is 1. The van der Waals surface area contributed by atoms with E-state index in [0.717, 1.165) is 29.4 Å². The Labute approximate surface area is 151 Å². The number of ether oxygens (including phenoxy) is 3. The van der Waals surface area contributed by atoms with E-state index in [1.807, 2.05) is 49.4 Å². The Morgan fingerprint density at radius 3 is 2.60 bits per heavy atom. The third-order valence-electron chi connectivity index (χ3n) is 3.56. The SMILES string of the molecule is CCOCCOc1cccc(NCc2ccccc2OCC(C)C)c1. The van der Waals surface area contributed by atoms with Crippen molar-refractivity contribution < 1.29 is 14.2 Å². The second kappa shape index (κ2) is 10.6. The monoisotopic (exact) mass is 343 g/mol. The average molecular weight is 343 g/mol. The van der Waals surface area contributed by atoms with E-state index in [9.17, 15) is 0 Å². The summed E-state index contributed by atoms with van der Waals surface area (Å²) in [5.74, 6) is 2.29. The van der Waals surface area contributed by atoms with Crippen molar-refractivity contribution in [1.82, 2.24) is 0 Å². The van der Waals surface area contributed by atoms with Crippen LogP contribution in [-0.4, -0.2) is 26.4 Å². The van der Waals surface area contributed by atoms with Crippen molar-refractivity contribution in [3.05, 3.63) is 54.1 Å². The second-order valence-corrected chi connectivity index (χ2v) is 6.24. The van der Waals surface area contributed by atoms with E-state index < -0.39 is 0 Å². The predicted octanol–water partition coefficient (Wildman–Crippen LogP) is 4.75. The molecular formula is C21H29NO3. The summed E-state index contributed by atoms with van der Waals surface area (Å²) in [6.07, 6.45) is 0. The largest absolute Gasteiger partial charge is 0.493 e. The summed E-state index contributed by atoms with van der Waals surface area (Å²) in [6.45, 7) is 9.58. The molecule has 0 radical (unpaired) electrons. The number of anilines is 1. The summed E-state index contributed by atoms with van der Waals surface area (Å²) in [5, 5.41) is 3.44. The van der Waals surface area contributed by atoms with Gasteiger partial charge in [-0.1, -0.05) is 38.1 Å². The molecule has 0 atom stereocenters. The van der Waals surface area contributed by atoms with E-state index in [-0.39, 0.29) is 0 Å². The van der Waals surface area contributed by atoms with Gasteiger partial charge in [-0.3, -0.25) is 0 Å². The fourth-order valence-electron chi connectivity index (χ4n) is 2.30. The zero-order valence-electron chi connectivity index (χ0n) is 15.5. The van der Waals surface area contributed by atoms with E-state index in [1.54, 1.807) is 0 Å². The molecule has 2 aromatic rings. The van der Waals surface area contributed by atoms with Gasteiger partial charge in [-0.05, 0) is 31.0 Å². The topological polar surface area (TPSA) is 39.7 Å². The summed E-state index contributed by atoms with van der Waals surface area (Å²) >= 11 is 0. The normalized spacial score (nSPS) is 10.7. The van der Waals surface area contributed by atoms with Gasteiger partial charge in [0.2, 0.25) is 0 Å². The lowest BCUT2D eigenvalue weighted by Crippen LogP contribution is -2.08. The minimum atomic E-state index is 0.506. The van der Waals surface area contributed by atoms with Crippen LogP contribution in [0.3, 0.4) is 0 Å². The maximum atomic E-state index is 5.91. The lowest BCUT2D eigenvalue weighted by molar-refractivity contribution is 0.110. The van der Waals surface area contributed by atoms with Crippen molar-refractivity contribution >= 4 is 5.69 Å². The molecule has 0 aliphatic carbocycles. The van der Waals surface area contributed by atoms with Crippen LogP contribution in [0.5, 0.6) is 11.5 Å². The summed E-state index contributed by atoms with van der Waals surface area (Å²) in [4.78, 5) is 0. The highest BCUT2D eigenvalue weighted by atomic mass is 16.5. The van der Waals surface area contributed by atoms with Gasteiger partial charge in [0.1, 0.15) is 18.1 Å². The minimum Gasteiger partial charge on any atom is -0.493 e. The summed E-state index contributed by atoms with van der Waals surface area (Å²) in [6, 6.07) is 16.1. The highest BCUT2D eigenvalue weighted by Crippen LogP contribution is 2.22. The molecule has 136 valence electrons. The Kier molecular flexibility index (Phi) is 8.13. The minimum absolute atomic E-state index is 0.506. The molecule has 0 amide bonds. The fraction of sp³-hybridized carbons (Fsp3) is 0.429. The number of rotatable bonds is 11. The molecule has 1 N–H and O–H groups in total. The maximum absolute atomic E-state index is 5.91. The summed E-state index contributed by atoms with van der Waals surface area (Å²) in [7, 11) is 0. The molecule has 0 aromatic heterocycles. The highest BCUT2D eigenvalue weighted by Gasteiger charge is 2.05. The van der Waals surface area contributed by atoms with E-state index in [4.69, 9.17) is 14.2 Å². The lowest BCUT2D eigenvalue weighted by atomic mass is 10.2. The van der Waals surface area contributed by atoms with Crippen molar-refractivity contribution in [1.29, 1.82) is 0 Å². The first-order valence-electron chi connectivity index (χ1n) is 8.94. The number of para-hydroxylation sites is 1.